The van der Waals surface area contributed by atoms with E-state index in [0.717, 1.165) is 22.4 Å². The van der Waals surface area contributed by atoms with Crippen molar-refractivity contribution < 1.29 is 28.9 Å². The standard InChI is InChI=1S/C35H32N2O6/c1-3-41-30-18-25(11-14-29(30)42-21-23-8-5-4-6-9-23)32-31(33(38)26-12-13-28-27(17-26)16-22(2)43-28)34(39)35(40)37(32)20-24-10-7-15-36-19-24/h4-15,17-19,22,32,38H,3,16,20-21H2,1-2H3/b33-31+. The molecule has 1 N–H and O–H groups in total. The number of amides is 1. The van der Waals surface area contributed by atoms with Crippen molar-refractivity contribution in [1.29, 1.82) is 0 Å². The molecule has 2 aliphatic heterocycles. The molecule has 0 radical (unpaired) electrons. The highest BCUT2D eigenvalue weighted by molar-refractivity contribution is 6.46. The molecular weight excluding hydrogens is 544 g/mol. The van der Waals surface area contributed by atoms with Gasteiger partial charge in [0.05, 0.1) is 18.2 Å². The lowest BCUT2D eigenvalue weighted by atomic mass is 9.94. The number of carbonyl (C=O) groups is 2. The number of Topliss-reactive ketones (excluding diaryl/α,β-unsaturated/α-hetero) is 1. The minimum atomic E-state index is -0.869. The average Bonchev–Trinajstić information content (AvgIpc) is 3.52. The number of pyridine rings is 1. The number of benzene rings is 3. The lowest BCUT2D eigenvalue weighted by molar-refractivity contribution is -0.140. The Hall–Kier alpha value is -5.11. The molecule has 1 saturated heterocycles. The Balaban J connectivity index is 1.43. The molecule has 0 bridgehead atoms. The van der Waals surface area contributed by atoms with E-state index in [0.29, 0.717) is 42.3 Å². The zero-order valence-corrected chi connectivity index (χ0v) is 24.0. The van der Waals surface area contributed by atoms with E-state index >= 15 is 0 Å². The second kappa shape index (κ2) is 12.0. The van der Waals surface area contributed by atoms with Gasteiger partial charge in [0.2, 0.25) is 0 Å². The number of rotatable bonds is 9. The number of hydrogen-bond acceptors (Lipinski definition) is 7. The molecule has 6 rings (SSSR count). The van der Waals surface area contributed by atoms with Gasteiger partial charge >= 0.3 is 0 Å². The fourth-order valence-electron chi connectivity index (χ4n) is 5.62. The van der Waals surface area contributed by atoms with Crippen LogP contribution < -0.4 is 14.2 Å². The predicted octanol–water partition coefficient (Wildman–Crippen LogP) is 6.00. The molecule has 2 aliphatic rings. The highest BCUT2D eigenvalue weighted by atomic mass is 16.5. The van der Waals surface area contributed by atoms with Crippen LogP contribution in [0.5, 0.6) is 17.2 Å². The van der Waals surface area contributed by atoms with Crippen LogP contribution in [0.3, 0.4) is 0 Å². The van der Waals surface area contributed by atoms with Crippen molar-refractivity contribution in [3.63, 3.8) is 0 Å². The Morgan fingerprint density at radius 1 is 0.977 bits per heavy atom. The first-order valence-corrected chi connectivity index (χ1v) is 14.3. The van der Waals surface area contributed by atoms with Gasteiger partial charge in [-0.15, -0.1) is 0 Å². The summed E-state index contributed by atoms with van der Waals surface area (Å²) in [5, 5.41) is 11.6. The highest BCUT2D eigenvalue weighted by Crippen LogP contribution is 2.43. The van der Waals surface area contributed by atoms with E-state index in [1.807, 2.05) is 56.3 Å². The van der Waals surface area contributed by atoms with Crippen LogP contribution in [0.2, 0.25) is 0 Å². The molecule has 3 heterocycles. The van der Waals surface area contributed by atoms with E-state index in [2.05, 4.69) is 4.98 Å². The van der Waals surface area contributed by atoms with Gasteiger partial charge < -0.3 is 24.2 Å². The van der Waals surface area contributed by atoms with Crippen LogP contribution in [-0.4, -0.2) is 39.4 Å². The SMILES string of the molecule is CCOc1cc(C2/C(=C(\O)c3ccc4c(c3)CC(C)O4)C(=O)C(=O)N2Cc2cccnc2)ccc1OCc1ccccc1. The minimum absolute atomic E-state index is 0.0150. The molecule has 0 saturated carbocycles. The molecule has 4 aromatic rings. The summed E-state index contributed by atoms with van der Waals surface area (Å²) in [6, 6.07) is 23.3. The molecular formula is C35H32N2O6. The first kappa shape index (κ1) is 28.0. The quantitative estimate of drug-likeness (QED) is 0.148. The molecule has 1 fully saturated rings. The highest BCUT2D eigenvalue weighted by Gasteiger charge is 2.46. The van der Waals surface area contributed by atoms with Crippen molar-refractivity contribution in [2.24, 2.45) is 0 Å². The van der Waals surface area contributed by atoms with Gasteiger partial charge in [0.15, 0.2) is 11.5 Å². The van der Waals surface area contributed by atoms with Crippen molar-refractivity contribution in [2.75, 3.05) is 6.61 Å². The number of aliphatic hydroxyl groups is 1. The summed E-state index contributed by atoms with van der Waals surface area (Å²) in [5.74, 6) is 0.0829. The molecule has 43 heavy (non-hydrogen) atoms. The van der Waals surface area contributed by atoms with Gasteiger partial charge in [-0.2, -0.15) is 0 Å². The van der Waals surface area contributed by atoms with Gasteiger partial charge in [-0.05, 0) is 72.5 Å². The third-order valence-electron chi connectivity index (χ3n) is 7.61. The number of hydrogen-bond donors (Lipinski definition) is 1. The molecule has 8 heteroatoms. The molecule has 3 aromatic carbocycles. The van der Waals surface area contributed by atoms with E-state index in [4.69, 9.17) is 14.2 Å². The molecule has 218 valence electrons. The smallest absolute Gasteiger partial charge is 0.295 e. The third-order valence-corrected chi connectivity index (χ3v) is 7.61. The average molecular weight is 577 g/mol. The van der Waals surface area contributed by atoms with Crippen LogP contribution in [0, 0.1) is 0 Å². The van der Waals surface area contributed by atoms with Gasteiger partial charge in [0.25, 0.3) is 11.7 Å². The first-order valence-electron chi connectivity index (χ1n) is 14.3. The van der Waals surface area contributed by atoms with Gasteiger partial charge in [-0.25, -0.2) is 0 Å². The normalized spacial score (nSPS) is 18.8. The molecule has 1 aromatic heterocycles. The molecule has 2 unspecified atom stereocenters. The first-order chi connectivity index (χ1) is 20.9. The fourth-order valence-corrected chi connectivity index (χ4v) is 5.62. The fraction of sp³-hybridized carbons (Fsp3) is 0.229. The van der Waals surface area contributed by atoms with Crippen LogP contribution in [0.15, 0.2) is 96.8 Å². The summed E-state index contributed by atoms with van der Waals surface area (Å²) in [7, 11) is 0. The van der Waals surface area contributed by atoms with Crippen molar-refractivity contribution in [1.82, 2.24) is 9.88 Å². The zero-order chi connectivity index (χ0) is 29.9. The van der Waals surface area contributed by atoms with Crippen molar-refractivity contribution in [2.45, 2.75) is 45.6 Å². The largest absolute Gasteiger partial charge is 0.507 e. The summed E-state index contributed by atoms with van der Waals surface area (Å²) >= 11 is 0. The summed E-state index contributed by atoms with van der Waals surface area (Å²) in [5.41, 5.74) is 3.78. The van der Waals surface area contributed by atoms with Crippen LogP contribution >= 0.6 is 0 Å². The molecule has 2 atom stereocenters. The van der Waals surface area contributed by atoms with Gasteiger partial charge in [0.1, 0.15) is 24.2 Å². The maximum absolute atomic E-state index is 13.6. The topological polar surface area (TPSA) is 98.2 Å². The van der Waals surface area contributed by atoms with Crippen molar-refractivity contribution in [3.05, 3.63) is 125 Å². The van der Waals surface area contributed by atoms with E-state index in [-0.39, 0.29) is 24.0 Å². The lowest BCUT2D eigenvalue weighted by Crippen LogP contribution is -2.29. The number of aliphatic hydroxyl groups excluding tert-OH is 1. The Kier molecular flexibility index (Phi) is 7.83. The Bertz CT molecular complexity index is 1690. The second-order valence-electron chi connectivity index (χ2n) is 10.7. The van der Waals surface area contributed by atoms with E-state index in [1.165, 1.54) is 4.90 Å². The summed E-state index contributed by atoms with van der Waals surface area (Å²) < 4.78 is 17.9. The number of nitrogens with zero attached hydrogens (tertiary/aromatic N) is 2. The Morgan fingerprint density at radius 3 is 2.56 bits per heavy atom. The molecule has 8 nitrogen and oxygen atoms in total. The zero-order valence-electron chi connectivity index (χ0n) is 24.0. The number of likely N-dealkylation sites (tertiary alicyclic amines) is 1. The van der Waals surface area contributed by atoms with E-state index in [1.54, 1.807) is 48.8 Å². The number of carbonyl (C=O) groups excluding carboxylic acids is 2. The monoisotopic (exact) mass is 576 g/mol. The van der Waals surface area contributed by atoms with Gasteiger partial charge in [0, 0.05) is 30.9 Å². The minimum Gasteiger partial charge on any atom is -0.507 e. The lowest BCUT2D eigenvalue weighted by Gasteiger charge is -2.26. The predicted molar refractivity (Wildman–Crippen MR) is 161 cm³/mol. The summed E-state index contributed by atoms with van der Waals surface area (Å²) in [6.45, 7) is 4.72. The maximum atomic E-state index is 13.6. The van der Waals surface area contributed by atoms with Crippen molar-refractivity contribution >= 4 is 17.4 Å². The van der Waals surface area contributed by atoms with Gasteiger partial charge in [-0.3, -0.25) is 14.6 Å². The Labute approximate surface area is 250 Å². The number of fused-ring (bicyclic) bond motifs is 1. The number of ether oxygens (including phenoxy) is 3. The second-order valence-corrected chi connectivity index (χ2v) is 10.7. The maximum Gasteiger partial charge on any atom is 0.295 e. The van der Waals surface area contributed by atoms with Crippen LogP contribution in [-0.2, 0) is 29.2 Å². The van der Waals surface area contributed by atoms with Crippen LogP contribution in [0.1, 0.15) is 47.7 Å². The molecule has 0 aliphatic carbocycles. The Morgan fingerprint density at radius 2 is 1.79 bits per heavy atom. The molecule has 1 amide bonds. The van der Waals surface area contributed by atoms with E-state index < -0.39 is 17.7 Å². The van der Waals surface area contributed by atoms with Crippen LogP contribution in [0.25, 0.3) is 5.76 Å². The van der Waals surface area contributed by atoms with E-state index in [9.17, 15) is 14.7 Å². The molecule has 0 spiro atoms. The summed E-state index contributed by atoms with van der Waals surface area (Å²) in [4.78, 5) is 32.8. The number of aromatic nitrogens is 1. The van der Waals surface area contributed by atoms with Gasteiger partial charge in [-0.1, -0.05) is 42.5 Å². The number of ketones is 1. The van der Waals surface area contributed by atoms with Crippen molar-refractivity contribution in [3.8, 4) is 17.2 Å². The summed E-state index contributed by atoms with van der Waals surface area (Å²) in [6.07, 6.45) is 4.02. The van der Waals surface area contributed by atoms with Crippen LogP contribution in [0.4, 0.5) is 0 Å². The third kappa shape index (κ3) is 5.68.